The fraction of sp³-hybridized carbons (Fsp3) is 0.0769. The number of hydrogen-bond donors (Lipinski definition) is 1. The first-order chi connectivity index (χ1) is 8.56. The molecule has 0 saturated carbocycles. The molecule has 0 atom stereocenters. The van der Waals surface area contributed by atoms with Crippen molar-refractivity contribution in [2.45, 2.75) is 6.54 Å². The van der Waals surface area contributed by atoms with Crippen molar-refractivity contribution < 1.29 is 13.2 Å². The maximum Gasteiger partial charge on any atom is 0.182 e. The Morgan fingerprint density at radius 3 is 2.56 bits per heavy atom. The lowest BCUT2D eigenvalue weighted by Crippen LogP contribution is -2.03. The second kappa shape index (κ2) is 5.31. The van der Waals surface area contributed by atoms with Gasteiger partial charge >= 0.3 is 0 Å². The van der Waals surface area contributed by atoms with E-state index in [2.05, 4.69) is 5.32 Å². The molecule has 18 heavy (non-hydrogen) atoms. The fourth-order valence-electron chi connectivity index (χ4n) is 1.53. The third kappa shape index (κ3) is 2.96. The zero-order valence-electron chi connectivity index (χ0n) is 9.18. The highest BCUT2D eigenvalue weighted by Crippen LogP contribution is 2.20. The summed E-state index contributed by atoms with van der Waals surface area (Å²) in [6, 6.07) is 8.30. The first-order valence-electron chi connectivity index (χ1n) is 5.19. The Labute approximate surface area is 107 Å². The quantitative estimate of drug-likeness (QED) is 0.818. The van der Waals surface area contributed by atoms with Crippen molar-refractivity contribution in [3.8, 4) is 0 Å². The molecule has 2 aromatic rings. The average molecular weight is 272 g/mol. The van der Waals surface area contributed by atoms with Crippen LogP contribution in [0.1, 0.15) is 5.56 Å². The second-order valence-electron chi connectivity index (χ2n) is 3.73. The molecule has 1 nitrogen and oxygen atoms in total. The highest BCUT2D eigenvalue weighted by Gasteiger charge is 2.10. The standard InChI is InChI=1S/C13H9ClF3N/c14-9-3-1-2-8(4-9)7-18-12-6-10(15)5-11(16)13(12)17/h1-6,18H,7H2. The normalized spacial score (nSPS) is 10.4. The minimum atomic E-state index is -1.22. The van der Waals surface area contributed by atoms with Gasteiger partial charge in [0.25, 0.3) is 0 Å². The summed E-state index contributed by atoms with van der Waals surface area (Å²) in [7, 11) is 0. The summed E-state index contributed by atoms with van der Waals surface area (Å²) >= 11 is 5.79. The van der Waals surface area contributed by atoms with Crippen LogP contribution in [0.25, 0.3) is 0 Å². The Balaban J connectivity index is 2.15. The molecule has 0 fully saturated rings. The summed E-state index contributed by atoms with van der Waals surface area (Å²) in [6.07, 6.45) is 0. The summed E-state index contributed by atoms with van der Waals surface area (Å²) < 4.78 is 39.2. The Bertz CT molecular complexity index is 572. The molecular weight excluding hydrogens is 263 g/mol. The Morgan fingerprint density at radius 2 is 1.83 bits per heavy atom. The Kier molecular flexibility index (Phi) is 3.77. The average Bonchev–Trinajstić information content (AvgIpc) is 2.32. The molecule has 0 amide bonds. The SMILES string of the molecule is Fc1cc(F)c(F)c(NCc2cccc(Cl)c2)c1. The number of rotatable bonds is 3. The number of hydrogen-bond acceptors (Lipinski definition) is 1. The van der Waals surface area contributed by atoms with E-state index in [0.717, 1.165) is 11.6 Å². The molecule has 0 aliphatic rings. The monoisotopic (exact) mass is 271 g/mol. The summed E-state index contributed by atoms with van der Waals surface area (Å²) in [5.74, 6) is -3.15. The largest absolute Gasteiger partial charge is 0.378 e. The van der Waals surface area contributed by atoms with Crippen molar-refractivity contribution in [1.82, 2.24) is 0 Å². The van der Waals surface area contributed by atoms with Gasteiger partial charge in [0.15, 0.2) is 11.6 Å². The lowest BCUT2D eigenvalue weighted by molar-refractivity contribution is 0.497. The van der Waals surface area contributed by atoms with E-state index in [4.69, 9.17) is 11.6 Å². The van der Waals surface area contributed by atoms with Gasteiger partial charge in [0.05, 0.1) is 5.69 Å². The van der Waals surface area contributed by atoms with Gasteiger partial charge in [-0.1, -0.05) is 23.7 Å². The van der Waals surface area contributed by atoms with Gasteiger partial charge in [0.1, 0.15) is 5.82 Å². The third-order valence-corrected chi connectivity index (χ3v) is 2.60. The van der Waals surface area contributed by atoms with Gasteiger partial charge in [-0.3, -0.25) is 0 Å². The zero-order chi connectivity index (χ0) is 13.1. The molecule has 0 bridgehead atoms. The third-order valence-electron chi connectivity index (χ3n) is 2.36. The van der Waals surface area contributed by atoms with Crippen LogP contribution in [0.4, 0.5) is 18.9 Å². The summed E-state index contributed by atoms with van der Waals surface area (Å²) in [5.41, 5.74) is 0.569. The first kappa shape index (κ1) is 12.8. The minimum absolute atomic E-state index is 0.215. The van der Waals surface area contributed by atoms with Crippen molar-refractivity contribution in [2.75, 3.05) is 5.32 Å². The van der Waals surface area contributed by atoms with Crippen LogP contribution in [0.2, 0.25) is 5.02 Å². The van der Waals surface area contributed by atoms with Crippen LogP contribution in [0, 0.1) is 17.5 Å². The van der Waals surface area contributed by atoms with E-state index in [1.807, 2.05) is 0 Å². The highest BCUT2D eigenvalue weighted by atomic mass is 35.5. The number of anilines is 1. The van der Waals surface area contributed by atoms with Crippen molar-refractivity contribution in [3.05, 3.63) is 64.4 Å². The van der Waals surface area contributed by atoms with Gasteiger partial charge in [-0.05, 0) is 17.7 Å². The molecule has 0 radical (unpaired) electrons. The maximum absolute atomic E-state index is 13.3. The first-order valence-corrected chi connectivity index (χ1v) is 5.57. The molecule has 0 spiro atoms. The smallest absolute Gasteiger partial charge is 0.182 e. The van der Waals surface area contributed by atoms with Crippen LogP contribution in [-0.2, 0) is 6.54 Å². The van der Waals surface area contributed by atoms with E-state index < -0.39 is 17.5 Å². The van der Waals surface area contributed by atoms with Crippen LogP contribution >= 0.6 is 11.6 Å². The van der Waals surface area contributed by atoms with E-state index in [0.29, 0.717) is 11.1 Å². The van der Waals surface area contributed by atoms with Crippen molar-refractivity contribution in [3.63, 3.8) is 0 Å². The molecule has 0 heterocycles. The van der Waals surface area contributed by atoms with Gasteiger partial charge in [0, 0.05) is 23.7 Å². The van der Waals surface area contributed by atoms with Gasteiger partial charge in [0.2, 0.25) is 0 Å². The lowest BCUT2D eigenvalue weighted by Gasteiger charge is -2.08. The van der Waals surface area contributed by atoms with Gasteiger partial charge in [-0.2, -0.15) is 0 Å². The van der Waals surface area contributed by atoms with E-state index in [1.54, 1.807) is 24.3 Å². The van der Waals surface area contributed by atoms with Crippen molar-refractivity contribution in [2.24, 2.45) is 0 Å². The second-order valence-corrected chi connectivity index (χ2v) is 4.17. The van der Waals surface area contributed by atoms with Gasteiger partial charge in [-0.25, -0.2) is 13.2 Å². The molecule has 0 unspecified atom stereocenters. The van der Waals surface area contributed by atoms with Crippen molar-refractivity contribution in [1.29, 1.82) is 0 Å². The van der Waals surface area contributed by atoms with Crippen LogP contribution in [0.15, 0.2) is 36.4 Å². The molecule has 1 N–H and O–H groups in total. The molecule has 0 saturated heterocycles. The van der Waals surface area contributed by atoms with Crippen molar-refractivity contribution >= 4 is 17.3 Å². The van der Waals surface area contributed by atoms with Crippen LogP contribution in [0.3, 0.4) is 0 Å². The topological polar surface area (TPSA) is 12.0 Å². The molecular formula is C13H9ClF3N. The lowest BCUT2D eigenvalue weighted by atomic mass is 10.2. The molecule has 0 aliphatic heterocycles. The highest BCUT2D eigenvalue weighted by molar-refractivity contribution is 6.30. The van der Waals surface area contributed by atoms with Crippen LogP contribution in [-0.4, -0.2) is 0 Å². The number of nitrogens with one attached hydrogen (secondary N) is 1. The van der Waals surface area contributed by atoms with E-state index in [-0.39, 0.29) is 12.2 Å². The molecule has 2 aromatic carbocycles. The number of halogens is 4. The molecule has 94 valence electrons. The minimum Gasteiger partial charge on any atom is -0.378 e. The Morgan fingerprint density at radius 1 is 1.06 bits per heavy atom. The predicted octanol–water partition coefficient (Wildman–Crippen LogP) is 4.37. The number of benzene rings is 2. The summed E-state index contributed by atoms with van der Waals surface area (Å²) in [6.45, 7) is 0.223. The Hall–Kier alpha value is -1.68. The molecule has 0 aromatic heterocycles. The molecule has 5 heteroatoms. The predicted molar refractivity (Wildman–Crippen MR) is 65.1 cm³/mol. The molecule has 0 aliphatic carbocycles. The van der Waals surface area contributed by atoms with E-state index in [1.165, 1.54) is 0 Å². The van der Waals surface area contributed by atoms with Crippen LogP contribution in [0.5, 0.6) is 0 Å². The molecule has 2 rings (SSSR count). The van der Waals surface area contributed by atoms with Crippen LogP contribution < -0.4 is 5.32 Å². The fourth-order valence-corrected chi connectivity index (χ4v) is 1.74. The summed E-state index contributed by atoms with van der Waals surface area (Å²) in [4.78, 5) is 0. The summed E-state index contributed by atoms with van der Waals surface area (Å²) in [5, 5.41) is 3.17. The van der Waals surface area contributed by atoms with Gasteiger partial charge in [-0.15, -0.1) is 0 Å². The van der Waals surface area contributed by atoms with E-state index in [9.17, 15) is 13.2 Å². The van der Waals surface area contributed by atoms with E-state index >= 15 is 0 Å². The maximum atomic E-state index is 13.3. The zero-order valence-corrected chi connectivity index (χ0v) is 9.94. The van der Waals surface area contributed by atoms with Gasteiger partial charge < -0.3 is 5.32 Å².